The van der Waals surface area contributed by atoms with E-state index in [0.717, 1.165) is 11.3 Å². The molecule has 0 radical (unpaired) electrons. The first-order valence-corrected chi connectivity index (χ1v) is 11.7. The van der Waals surface area contributed by atoms with Crippen LogP contribution in [0, 0.1) is 0 Å². The van der Waals surface area contributed by atoms with E-state index in [1.165, 1.54) is 18.5 Å². The molecule has 13 heteroatoms. The van der Waals surface area contributed by atoms with Gasteiger partial charge in [0.05, 0.1) is 42.1 Å². The van der Waals surface area contributed by atoms with E-state index in [1.807, 2.05) is 17.7 Å². The molecule has 2 atom stereocenters. The molecule has 1 saturated heterocycles. The highest BCUT2D eigenvalue weighted by Crippen LogP contribution is 2.40. The SMILES string of the molecule is C[C@H](NC(=O)N1CCC2(C1)OCCn1nc(-c3cnc(N)c(OC(F)F)c3)cc12)c1ccncc1Cl. The Labute approximate surface area is 210 Å². The largest absolute Gasteiger partial charge is 0.431 e. The van der Waals surface area contributed by atoms with Gasteiger partial charge in [0.15, 0.2) is 11.6 Å². The first-order chi connectivity index (χ1) is 17.3. The number of pyridine rings is 2. The summed E-state index contributed by atoms with van der Waals surface area (Å²) in [5.74, 6) is -0.353. The monoisotopic (exact) mass is 519 g/mol. The van der Waals surface area contributed by atoms with Crippen LogP contribution in [0.4, 0.5) is 19.4 Å². The average Bonchev–Trinajstić information content (AvgIpc) is 3.47. The number of hydrogen-bond acceptors (Lipinski definition) is 7. The maximum Gasteiger partial charge on any atom is 0.387 e. The number of nitrogen functional groups attached to an aromatic ring is 1. The summed E-state index contributed by atoms with van der Waals surface area (Å²) in [6.45, 7) is 0.593. The summed E-state index contributed by atoms with van der Waals surface area (Å²) in [5, 5.41) is 8.10. The first kappa shape index (κ1) is 24.2. The molecule has 0 bridgehead atoms. The van der Waals surface area contributed by atoms with E-state index >= 15 is 0 Å². The number of nitrogens with zero attached hydrogens (tertiary/aromatic N) is 5. The summed E-state index contributed by atoms with van der Waals surface area (Å²) in [5.41, 5.74) is 7.50. The van der Waals surface area contributed by atoms with Gasteiger partial charge in [0, 0.05) is 37.1 Å². The van der Waals surface area contributed by atoms with Gasteiger partial charge in [0.1, 0.15) is 5.60 Å². The van der Waals surface area contributed by atoms with Gasteiger partial charge in [-0.25, -0.2) is 9.78 Å². The molecule has 3 N–H and O–H groups in total. The molecule has 1 spiro atoms. The lowest BCUT2D eigenvalue weighted by atomic mass is 9.96. The second kappa shape index (κ2) is 9.51. The van der Waals surface area contributed by atoms with Gasteiger partial charge in [-0.15, -0.1) is 0 Å². The number of likely N-dealkylation sites (tertiary alicyclic amines) is 1. The van der Waals surface area contributed by atoms with Crippen LogP contribution in [0.3, 0.4) is 0 Å². The van der Waals surface area contributed by atoms with Crippen molar-refractivity contribution in [3.05, 3.63) is 53.1 Å². The van der Waals surface area contributed by atoms with Gasteiger partial charge in [-0.3, -0.25) is 9.67 Å². The average molecular weight is 520 g/mol. The van der Waals surface area contributed by atoms with Crippen molar-refractivity contribution < 1.29 is 23.0 Å². The lowest BCUT2D eigenvalue weighted by molar-refractivity contribution is -0.0701. The standard InChI is InChI=1S/C23H24ClF2N7O3/c1-13(15-2-4-28-11-16(15)24)30-22(34)32-5-3-23(12-32)19-9-17(31-33(19)6-7-35-23)14-8-18(36-21(25)26)20(27)29-10-14/h2,4,8-11,13,21H,3,5-7,12H2,1H3,(H2,27,29)(H,30,34)/t13-,23?/m0/s1. The molecule has 1 unspecified atom stereocenters. The van der Waals surface area contributed by atoms with E-state index in [4.69, 9.17) is 22.1 Å². The van der Waals surface area contributed by atoms with Crippen LogP contribution in [0.5, 0.6) is 5.75 Å². The number of aromatic nitrogens is 4. The Morgan fingerprint density at radius 3 is 2.94 bits per heavy atom. The fraction of sp³-hybridized carbons (Fsp3) is 0.391. The molecule has 3 aromatic heterocycles. The van der Waals surface area contributed by atoms with Crippen molar-refractivity contribution >= 4 is 23.4 Å². The molecule has 3 aromatic rings. The smallest absolute Gasteiger partial charge is 0.387 e. The molecule has 36 heavy (non-hydrogen) atoms. The van der Waals surface area contributed by atoms with Crippen molar-refractivity contribution in [3.8, 4) is 17.0 Å². The number of carbonyl (C=O) groups excluding carboxylic acids is 1. The molecule has 0 saturated carbocycles. The number of carbonyl (C=O) groups is 1. The number of halogens is 3. The Bertz CT molecular complexity index is 1290. The topological polar surface area (TPSA) is 120 Å². The molecule has 190 valence electrons. The second-order valence-electron chi connectivity index (χ2n) is 8.71. The predicted molar refractivity (Wildman–Crippen MR) is 127 cm³/mol. The molecule has 10 nitrogen and oxygen atoms in total. The zero-order valence-corrected chi connectivity index (χ0v) is 20.1. The Morgan fingerprint density at radius 1 is 1.33 bits per heavy atom. The molecule has 0 aromatic carbocycles. The van der Waals surface area contributed by atoms with E-state index in [0.29, 0.717) is 48.9 Å². The van der Waals surface area contributed by atoms with E-state index in [2.05, 4.69) is 25.1 Å². The van der Waals surface area contributed by atoms with Crippen molar-refractivity contribution in [1.82, 2.24) is 30.0 Å². The third kappa shape index (κ3) is 4.53. The van der Waals surface area contributed by atoms with Crippen LogP contribution in [0.2, 0.25) is 5.02 Å². The third-order valence-electron chi connectivity index (χ3n) is 6.45. The fourth-order valence-electron chi connectivity index (χ4n) is 4.66. The summed E-state index contributed by atoms with van der Waals surface area (Å²) in [7, 11) is 0. The van der Waals surface area contributed by atoms with Crippen LogP contribution < -0.4 is 15.8 Å². The molecule has 2 amide bonds. The normalized spacial score (nSPS) is 20.0. The zero-order valence-electron chi connectivity index (χ0n) is 19.3. The Kier molecular flexibility index (Phi) is 6.39. The van der Waals surface area contributed by atoms with E-state index in [-0.39, 0.29) is 23.6 Å². The number of hydrogen-bond donors (Lipinski definition) is 2. The molecule has 5 heterocycles. The summed E-state index contributed by atoms with van der Waals surface area (Å²) in [6, 6.07) is 4.45. The minimum atomic E-state index is -3.02. The summed E-state index contributed by atoms with van der Waals surface area (Å²) in [4.78, 5) is 22.7. The lowest BCUT2D eigenvalue weighted by Crippen LogP contribution is -2.44. The number of nitrogens with two attached hydrogens (primary N) is 1. The van der Waals surface area contributed by atoms with Crippen LogP contribution in [-0.2, 0) is 16.9 Å². The Morgan fingerprint density at radius 2 is 2.17 bits per heavy atom. The molecule has 2 aliphatic rings. The quantitative estimate of drug-likeness (QED) is 0.528. The van der Waals surface area contributed by atoms with Crippen molar-refractivity contribution in [2.24, 2.45) is 0 Å². The predicted octanol–water partition coefficient (Wildman–Crippen LogP) is 3.58. The van der Waals surface area contributed by atoms with Crippen molar-refractivity contribution in [1.29, 1.82) is 0 Å². The molecular weight excluding hydrogens is 496 g/mol. The summed E-state index contributed by atoms with van der Waals surface area (Å²) in [6.07, 6.45) is 5.20. The fourth-order valence-corrected chi connectivity index (χ4v) is 4.94. The highest BCUT2D eigenvalue weighted by atomic mass is 35.5. The molecule has 1 fully saturated rings. The van der Waals surface area contributed by atoms with Gasteiger partial charge in [-0.1, -0.05) is 11.6 Å². The third-order valence-corrected chi connectivity index (χ3v) is 6.77. The number of urea groups is 1. The molecule has 2 aliphatic heterocycles. The maximum atomic E-state index is 13.0. The van der Waals surface area contributed by atoms with Crippen molar-refractivity contribution in [2.75, 3.05) is 25.4 Å². The summed E-state index contributed by atoms with van der Waals surface area (Å²) >= 11 is 6.22. The minimum Gasteiger partial charge on any atom is -0.431 e. The van der Waals surface area contributed by atoms with Gasteiger partial charge in [-0.2, -0.15) is 13.9 Å². The van der Waals surface area contributed by atoms with Crippen LogP contribution in [0.15, 0.2) is 36.8 Å². The number of anilines is 1. The van der Waals surface area contributed by atoms with Crippen molar-refractivity contribution in [2.45, 2.75) is 38.1 Å². The number of alkyl halides is 2. The highest BCUT2D eigenvalue weighted by Gasteiger charge is 2.47. The van der Waals surface area contributed by atoms with Gasteiger partial charge in [0.25, 0.3) is 0 Å². The Balaban J connectivity index is 1.35. The number of ether oxygens (including phenoxy) is 2. The second-order valence-corrected chi connectivity index (χ2v) is 9.11. The number of fused-ring (bicyclic) bond motifs is 2. The van der Waals surface area contributed by atoms with E-state index < -0.39 is 12.2 Å². The van der Waals surface area contributed by atoms with E-state index in [9.17, 15) is 13.6 Å². The Hall–Kier alpha value is -3.51. The van der Waals surface area contributed by atoms with Gasteiger partial charge in [0.2, 0.25) is 0 Å². The van der Waals surface area contributed by atoms with Crippen LogP contribution in [-0.4, -0.2) is 57.0 Å². The molecule has 0 aliphatic carbocycles. The van der Waals surface area contributed by atoms with E-state index in [1.54, 1.807) is 17.2 Å². The maximum absolute atomic E-state index is 13.0. The van der Waals surface area contributed by atoms with Gasteiger partial charge in [-0.05, 0) is 30.7 Å². The molecular formula is C23H24ClF2N7O3. The minimum absolute atomic E-state index is 0.137. The van der Waals surface area contributed by atoms with Crippen LogP contribution in [0.1, 0.15) is 30.6 Å². The lowest BCUT2D eigenvalue weighted by Gasteiger charge is -2.34. The van der Waals surface area contributed by atoms with Gasteiger partial charge >= 0.3 is 12.6 Å². The van der Waals surface area contributed by atoms with Gasteiger partial charge < -0.3 is 25.4 Å². The zero-order chi connectivity index (χ0) is 25.4. The van der Waals surface area contributed by atoms with Crippen LogP contribution in [0.25, 0.3) is 11.3 Å². The first-order valence-electron chi connectivity index (χ1n) is 11.3. The molecule has 5 rings (SSSR count). The van der Waals surface area contributed by atoms with Crippen molar-refractivity contribution in [3.63, 3.8) is 0 Å². The number of amides is 2. The number of rotatable bonds is 5. The summed E-state index contributed by atoms with van der Waals surface area (Å²) < 4.78 is 38.0. The number of nitrogens with one attached hydrogen (secondary N) is 1. The highest BCUT2D eigenvalue weighted by molar-refractivity contribution is 6.31. The van der Waals surface area contributed by atoms with Crippen LogP contribution >= 0.6 is 11.6 Å².